The summed E-state index contributed by atoms with van der Waals surface area (Å²) in [6.07, 6.45) is 1.47. The lowest BCUT2D eigenvalue weighted by Crippen LogP contribution is -2.08. The molecule has 0 saturated carbocycles. The molecule has 3 aromatic carbocycles. The van der Waals surface area contributed by atoms with Gasteiger partial charge in [-0.2, -0.15) is 0 Å². The van der Waals surface area contributed by atoms with Crippen LogP contribution in [-0.2, 0) is 9.53 Å². The van der Waals surface area contributed by atoms with Crippen molar-refractivity contribution in [2.24, 2.45) is 4.99 Å². The number of nitro groups is 1. The van der Waals surface area contributed by atoms with E-state index in [1.807, 2.05) is 0 Å². The van der Waals surface area contributed by atoms with Gasteiger partial charge in [0, 0.05) is 17.2 Å². The molecule has 0 radical (unpaired) electrons. The summed E-state index contributed by atoms with van der Waals surface area (Å²) in [5.74, 6) is -0.771. The lowest BCUT2D eigenvalue weighted by atomic mass is 10.1. The monoisotopic (exact) mass is 478 g/mol. The molecule has 0 amide bonds. The highest BCUT2D eigenvalue weighted by molar-refractivity contribution is 6.31. The van der Waals surface area contributed by atoms with E-state index in [1.54, 1.807) is 30.3 Å². The second kappa shape index (κ2) is 9.55. The number of methoxy groups -OCH3 is 1. The Kier molecular flexibility index (Phi) is 6.37. The predicted octanol–water partition coefficient (Wildman–Crippen LogP) is 4.82. The van der Waals surface area contributed by atoms with E-state index in [0.29, 0.717) is 21.9 Å². The van der Waals surface area contributed by atoms with Crippen molar-refractivity contribution in [1.29, 1.82) is 0 Å². The molecular formula is C24H15ClN2O7. The van der Waals surface area contributed by atoms with E-state index in [9.17, 15) is 19.7 Å². The summed E-state index contributed by atoms with van der Waals surface area (Å²) < 4.78 is 15.9. The number of halogens is 1. The van der Waals surface area contributed by atoms with E-state index in [4.69, 9.17) is 25.8 Å². The summed E-state index contributed by atoms with van der Waals surface area (Å²) >= 11 is 6.04. The zero-order chi connectivity index (χ0) is 24.2. The number of hydrogen-bond acceptors (Lipinski definition) is 8. The van der Waals surface area contributed by atoms with Crippen molar-refractivity contribution in [2.75, 3.05) is 7.11 Å². The molecule has 0 N–H and O–H groups in total. The van der Waals surface area contributed by atoms with Crippen LogP contribution < -0.4 is 9.47 Å². The molecule has 3 aromatic rings. The zero-order valence-electron chi connectivity index (χ0n) is 17.6. The maximum atomic E-state index is 12.4. The lowest BCUT2D eigenvalue weighted by molar-refractivity contribution is -0.384. The molecule has 170 valence electrons. The Morgan fingerprint density at radius 2 is 1.91 bits per heavy atom. The van der Waals surface area contributed by atoms with Gasteiger partial charge < -0.3 is 14.2 Å². The van der Waals surface area contributed by atoms with E-state index in [-0.39, 0.29) is 28.6 Å². The Morgan fingerprint density at radius 3 is 2.68 bits per heavy atom. The van der Waals surface area contributed by atoms with Crippen molar-refractivity contribution in [3.63, 3.8) is 0 Å². The second-order valence-electron chi connectivity index (χ2n) is 6.95. The minimum atomic E-state index is -0.762. The SMILES string of the molecule is COc1ccc(Cl)cc1C1=N/C(=C\c2cccc(OC(=O)c3cccc([N+](=O)[O-])c3)c2)C(=O)O1. The van der Waals surface area contributed by atoms with Crippen LogP contribution in [0.25, 0.3) is 6.08 Å². The van der Waals surface area contributed by atoms with Crippen LogP contribution in [0.4, 0.5) is 5.69 Å². The maximum absolute atomic E-state index is 12.4. The van der Waals surface area contributed by atoms with Crippen LogP contribution in [0, 0.1) is 10.1 Å². The summed E-state index contributed by atoms with van der Waals surface area (Å²) in [6, 6.07) is 16.4. The first-order chi connectivity index (χ1) is 16.3. The van der Waals surface area contributed by atoms with Crippen molar-refractivity contribution >= 4 is 41.2 Å². The van der Waals surface area contributed by atoms with Crippen molar-refractivity contribution in [2.45, 2.75) is 0 Å². The smallest absolute Gasteiger partial charge is 0.363 e. The van der Waals surface area contributed by atoms with Gasteiger partial charge >= 0.3 is 11.9 Å². The second-order valence-corrected chi connectivity index (χ2v) is 7.39. The fourth-order valence-corrected chi connectivity index (χ4v) is 3.28. The number of carbonyl (C=O) groups is 2. The summed E-state index contributed by atoms with van der Waals surface area (Å²) in [4.78, 5) is 39.3. The first-order valence-corrected chi connectivity index (χ1v) is 10.1. The number of ether oxygens (including phenoxy) is 3. The van der Waals surface area contributed by atoms with E-state index in [1.165, 1.54) is 43.5 Å². The number of cyclic esters (lactones) is 1. The molecule has 0 saturated heterocycles. The fourth-order valence-electron chi connectivity index (χ4n) is 3.11. The zero-order valence-corrected chi connectivity index (χ0v) is 18.3. The third-order valence-corrected chi connectivity index (χ3v) is 4.91. The van der Waals surface area contributed by atoms with Gasteiger partial charge in [0.2, 0.25) is 5.90 Å². The molecule has 0 atom stereocenters. The quantitative estimate of drug-likeness (QED) is 0.164. The molecule has 0 bridgehead atoms. The summed E-state index contributed by atoms with van der Waals surface area (Å²) in [6.45, 7) is 0. The number of carbonyl (C=O) groups excluding carboxylic acids is 2. The molecule has 1 aliphatic heterocycles. The van der Waals surface area contributed by atoms with Crippen LogP contribution >= 0.6 is 11.6 Å². The van der Waals surface area contributed by atoms with Crippen LogP contribution in [0.1, 0.15) is 21.5 Å². The molecule has 0 fully saturated rings. The van der Waals surface area contributed by atoms with Crippen molar-refractivity contribution in [3.8, 4) is 11.5 Å². The number of aliphatic imine (C=N–C) groups is 1. The number of nitrogens with zero attached hydrogens (tertiary/aromatic N) is 2. The number of esters is 2. The van der Waals surface area contributed by atoms with Gasteiger partial charge in [0.15, 0.2) is 5.70 Å². The van der Waals surface area contributed by atoms with Gasteiger partial charge in [-0.3, -0.25) is 10.1 Å². The highest BCUT2D eigenvalue weighted by atomic mass is 35.5. The van der Waals surface area contributed by atoms with Crippen molar-refractivity contribution < 1.29 is 28.7 Å². The van der Waals surface area contributed by atoms with E-state index in [2.05, 4.69) is 4.99 Å². The maximum Gasteiger partial charge on any atom is 0.363 e. The van der Waals surface area contributed by atoms with Gasteiger partial charge in [0.05, 0.1) is 23.2 Å². The number of rotatable bonds is 6. The Bertz CT molecular complexity index is 1380. The lowest BCUT2D eigenvalue weighted by Gasteiger charge is -2.07. The molecule has 0 unspecified atom stereocenters. The number of hydrogen-bond donors (Lipinski definition) is 0. The average Bonchev–Trinajstić information content (AvgIpc) is 3.19. The molecule has 34 heavy (non-hydrogen) atoms. The summed E-state index contributed by atoms with van der Waals surface area (Å²) in [7, 11) is 1.47. The van der Waals surface area contributed by atoms with Crippen LogP contribution in [0.15, 0.2) is 77.4 Å². The van der Waals surface area contributed by atoms with Crippen LogP contribution in [0.2, 0.25) is 5.02 Å². The molecular weight excluding hydrogens is 464 g/mol. The Balaban J connectivity index is 1.57. The molecule has 0 aliphatic carbocycles. The third kappa shape index (κ3) is 4.94. The van der Waals surface area contributed by atoms with E-state index < -0.39 is 16.9 Å². The van der Waals surface area contributed by atoms with Crippen molar-refractivity contribution in [3.05, 3.63) is 104 Å². The van der Waals surface area contributed by atoms with Crippen LogP contribution in [0.3, 0.4) is 0 Å². The predicted molar refractivity (Wildman–Crippen MR) is 123 cm³/mol. The Labute approximate surface area is 198 Å². The first kappa shape index (κ1) is 22.7. The largest absolute Gasteiger partial charge is 0.496 e. The van der Waals surface area contributed by atoms with Gasteiger partial charge in [-0.25, -0.2) is 14.6 Å². The van der Waals surface area contributed by atoms with Gasteiger partial charge in [-0.15, -0.1) is 0 Å². The first-order valence-electron chi connectivity index (χ1n) is 9.77. The van der Waals surface area contributed by atoms with E-state index in [0.717, 1.165) is 6.07 Å². The minimum Gasteiger partial charge on any atom is -0.496 e. The standard InChI is InChI=1S/C24H15ClN2O7/c1-32-21-9-8-16(25)13-19(21)22-26-20(24(29)34-22)11-14-4-2-7-18(10-14)33-23(28)15-5-3-6-17(12-15)27(30)31/h2-13H,1H3/b20-11-. The molecule has 0 spiro atoms. The van der Waals surface area contributed by atoms with Gasteiger partial charge in [0.25, 0.3) is 5.69 Å². The number of non-ortho nitro benzene ring substituents is 1. The highest BCUT2D eigenvalue weighted by Gasteiger charge is 2.26. The molecule has 9 nitrogen and oxygen atoms in total. The van der Waals surface area contributed by atoms with E-state index >= 15 is 0 Å². The Morgan fingerprint density at radius 1 is 1.12 bits per heavy atom. The third-order valence-electron chi connectivity index (χ3n) is 4.68. The molecule has 4 rings (SSSR count). The van der Waals surface area contributed by atoms with Gasteiger partial charge in [0.1, 0.15) is 11.5 Å². The molecule has 0 aromatic heterocycles. The average molecular weight is 479 g/mol. The minimum absolute atomic E-state index is 0.0270. The van der Waals surface area contributed by atoms with Gasteiger partial charge in [-0.05, 0) is 48.0 Å². The number of nitro benzene ring substituents is 1. The van der Waals surface area contributed by atoms with Gasteiger partial charge in [-0.1, -0.05) is 29.8 Å². The summed E-state index contributed by atoms with van der Waals surface area (Å²) in [5, 5.41) is 11.3. The normalized spacial score (nSPS) is 13.9. The topological polar surface area (TPSA) is 117 Å². The highest BCUT2D eigenvalue weighted by Crippen LogP contribution is 2.28. The Hall–Kier alpha value is -4.50. The molecule has 1 heterocycles. The van der Waals surface area contributed by atoms with Crippen molar-refractivity contribution in [1.82, 2.24) is 0 Å². The number of benzene rings is 3. The molecule has 1 aliphatic rings. The van der Waals surface area contributed by atoms with Crippen LogP contribution in [0.5, 0.6) is 11.5 Å². The fraction of sp³-hybridized carbons (Fsp3) is 0.0417. The summed E-state index contributed by atoms with van der Waals surface area (Å²) in [5.41, 5.74) is 0.768. The van der Waals surface area contributed by atoms with Crippen LogP contribution in [-0.4, -0.2) is 29.9 Å². The molecule has 10 heteroatoms.